The fraction of sp³-hybridized carbons (Fsp3) is 0.462. The Bertz CT molecular complexity index is 402. The van der Waals surface area contributed by atoms with Crippen LogP contribution < -0.4 is 11.1 Å². The Morgan fingerprint density at radius 3 is 2.65 bits per heavy atom. The first-order valence-electron chi connectivity index (χ1n) is 5.74. The van der Waals surface area contributed by atoms with Crippen LogP contribution in [-0.2, 0) is 0 Å². The molecule has 4 heteroatoms. The molecule has 0 saturated heterocycles. The lowest BCUT2D eigenvalue weighted by Crippen LogP contribution is -2.34. The van der Waals surface area contributed by atoms with Crippen LogP contribution in [0.1, 0.15) is 29.8 Å². The minimum atomic E-state index is -0.520. The summed E-state index contributed by atoms with van der Waals surface area (Å²) in [5.41, 5.74) is 7.79. The van der Waals surface area contributed by atoms with Crippen LogP contribution in [0.25, 0.3) is 0 Å². The predicted molar refractivity (Wildman–Crippen MR) is 68.8 cm³/mol. The number of carbonyl (C=O) groups excluding carboxylic acids is 1. The molecule has 0 saturated carbocycles. The molecular weight excluding hydrogens is 216 g/mol. The molecule has 94 valence electrons. The summed E-state index contributed by atoms with van der Waals surface area (Å²) >= 11 is 0. The van der Waals surface area contributed by atoms with Crippen LogP contribution in [0, 0.1) is 12.8 Å². The van der Waals surface area contributed by atoms with Crippen LogP contribution >= 0.6 is 0 Å². The topological polar surface area (TPSA) is 75.3 Å². The summed E-state index contributed by atoms with van der Waals surface area (Å²) in [6, 6.07) is 5.13. The largest absolute Gasteiger partial charge is 0.399 e. The van der Waals surface area contributed by atoms with Crippen molar-refractivity contribution in [2.45, 2.75) is 26.9 Å². The summed E-state index contributed by atoms with van der Waals surface area (Å²) in [6.45, 7) is 5.93. The van der Waals surface area contributed by atoms with Crippen molar-refractivity contribution in [1.29, 1.82) is 0 Å². The van der Waals surface area contributed by atoms with Gasteiger partial charge in [-0.15, -0.1) is 0 Å². The van der Waals surface area contributed by atoms with Gasteiger partial charge < -0.3 is 16.2 Å². The summed E-state index contributed by atoms with van der Waals surface area (Å²) in [5, 5.41) is 12.3. The van der Waals surface area contributed by atoms with Gasteiger partial charge in [0.15, 0.2) is 0 Å². The van der Waals surface area contributed by atoms with E-state index in [4.69, 9.17) is 5.73 Å². The zero-order valence-corrected chi connectivity index (χ0v) is 10.5. The second-order valence-electron chi connectivity index (χ2n) is 4.59. The third-order valence-electron chi connectivity index (χ3n) is 2.77. The average Bonchev–Trinajstić information content (AvgIpc) is 2.28. The van der Waals surface area contributed by atoms with Gasteiger partial charge in [-0.05, 0) is 36.6 Å². The molecule has 0 aliphatic heterocycles. The third kappa shape index (κ3) is 3.75. The summed E-state index contributed by atoms with van der Waals surface area (Å²) in [6.07, 6.45) is -0.520. The fourth-order valence-electron chi connectivity index (χ4n) is 1.35. The van der Waals surface area contributed by atoms with E-state index in [-0.39, 0.29) is 18.4 Å². The Hall–Kier alpha value is -1.55. The minimum absolute atomic E-state index is 0.128. The molecule has 1 atom stereocenters. The van der Waals surface area contributed by atoms with E-state index in [1.165, 1.54) is 0 Å². The van der Waals surface area contributed by atoms with Crippen molar-refractivity contribution in [3.63, 3.8) is 0 Å². The molecule has 0 fully saturated rings. The number of hydrogen-bond donors (Lipinski definition) is 3. The van der Waals surface area contributed by atoms with Crippen molar-refractivity contribution in [2.24, 2.45) is 5.92 Å². The van der Waals surface area contributed by atoms with Crippen LogP contribution in [0.15, 0.2) is 18.2 Å². The van der Waals surface area contributed by atoms with Crippen LogP contribution in [0.2, 0.25) is 0 Å². The smallest absolute Gasteiger partial charge is 0.251 e. The molecule has 4 N–H and O–H groups in total. The standard InChI is InChI=1S/C13H20N2O2/c1-8(2)12(16)7-15-13(17)10-4-5-11(14)9(3)6-10/h4-6,8,12,16H,7,14H2,1-3H3,(H,15,17). The first-order valence-corrected chi connectivity index (χ1v) is 5.74. The van der Waals surface area contributed by atoms with Gasteiger partial charge in [0.2, 0.25) is 0 Å². The Morgan fingerprint density at radius 1 is 1.47 bits per heavy atom. The number of hydrogen-bond acceptors (Lipinski definition) is 3. The Labute approximate surface area is 102 Å². The molecule has 0 aromatic heterocycles. The number of nitrogen functional groups attached to an aromatic ring is 1. The quantitative estimate of drug-likeness (QED) is 0.690. The van der Waals surface area contributed by atoms with Crippen molar-refractivity contribution >= 4 is 11.6 Å². The van der Waals surface area contributed by atoms with E-state index in [2.05, 4.69) is 5.32 Å². The molecule has 0 spiro atoms. The summed E-state index contributed by atoms with van der Waals surface area (Å²) in [5.74, 6) is -0.0590. The van der Waals surface area contributed by atoms with Crippen molar-refractivity contribution in [1.82, 2.24) is 5.32 Å². The molecule has 1 rings (SSSR count). The number of nitrogens with one attached hydrogen (secondary N) is 1. The molecule has 0 radical (unpaired) electrons. The van der Waals surface area contributed by atoms with Gasteiger partial charge in [-0.3, -0.25) is 4.79 Å². The fourth-order valence-corrected chi connectivity index (χ4v) is 1.35. The summed E-state index contributed by atoms with van der Waals surface area (Å²) in [4.78, 5) is 11.8. The summed E-state index contributed by atoms with van der Waals surface area (Å²) in [7, 11) is 0. The van der Waals surface area contributed by atoms with Crippen molar-refractivity contribution in [3.05, 3.63) is 29.3 Å². The highest BCUT2D eigenvalue weighted by Gasteiger charge is 2.12. The number of aliphatic hydroxyl groups is 1. The van der Waals surface area contributed by atoms with Gasteiger partial charge in [0.1, 0.15) is 0 Å². The number of nitrogens with two attached hydrogens (primary N) is 1. The number of anilines is 1. The molecular formula is C13H20N2O2. The third-order valence-corrected chi connectivity index (χ3v) is 2.77. The van der Waals surface area contributed by atoms with Gasteiger partial charge in [0, 0.05) is 17.8 Å². The van der Waals surface area contributed by atoms with Gasteiger partial charge in [0.05, 0.1) is 6.10 Å². The van der Waals surface area contributed by atoms with Crippen LogP contribution in [0.5, 0.6) is 0 Å². The van der Waals surface area contributed by atoms with E-state index < -0.39 is 6.10 Å². The molecule has 4 nitrogen and oxygen atoms in total. The SMILES string of the molecule is Cc1cc(C(=O)NCC(O)C(C)C)ccc1N. The Morgan fingerprint density at radius 2 is 2.12 bits per heavy atom. The zero-order valence-electron chi connectivity index (χ0n) is 10.5. The highest BCUT2D eigenvalue weighted by Crippen LogP contribution is 2.12. The lowest BCUT2D eigenvalue weighted by Gasteiger charge is -2.15. The Balaban J connectivity index is 2.61. The normalized spacial score (nSPS) is 12.5. The van der Waals surface area contributed by atoms with E-state index in [1.807, 2.05) is 20.8 Å². The maximum Gasteiger partial charge on any atom is 0.251 e. The van der Waals surface area contributed by atoms with E-state index >= 15 is 0 Å². The lowest BCUT2D eigenvalue weighted by atomic mass is 10.1. The molecule has 1 unspecified atom stereocenters. The minimum Gasteiger partial charge on any atom is -0.399 e. The van der Waals surface area contributed by atoms with Crippen molar-refractivity contribution < 1.29 is 9.90 Å². The van der Waals surface area contributed by atoms with E-state index in [1.54, 1.807) is 18.2 Å². The number of benzene rings is 1. The van der Waals surface area contributed by atoms with E-state index in [9.17, 15) is 9.90 Å². The van der Waals surface area contributed by atoms with Gasteiger partial charge in [0.25, 0.3) is 5.91 Å². The Kier molecular flexibility index (Phi) is 4.52. The van der Waals surface area contributed by atoms with Crippen molar-refractivity contribution in [2.75, 3.05) is 12.3 Å². The van der Waals surface area contributed by atoms with Crippen LogP contribution in [0.3, 0.4) is 0 Å². The molecule has 1 aromatic carbocycles. The molecule has 17 heavy (non-hydrogen) atoms. The average molecular weight is 236 g/mol. The lowest BCUT2D eigenvalue weighted by molar-refractivity contribution is 0.0871. The van der Waals surface area contributed by atoms with Gasteiger partial charge in [-0.2, -0.15) is 0 Å². The predicted octanol–water partition coefficient (Wildman–Crippen LogP) is 1.32. The van der Waals surface area contributed by atoms with E-state index in [0.717, 1.165) is 5.56 Å². The molecule has 0 bridgehead atoms. The van der Waals surface area contributed by atoms with Gasteiger partial charge >= 0.3 is 0 Å². The first-order chi connectivity index (χ1) is 7.91. The number of amides is 1. The van der Waals surface area contributed by atoms with Crippen LogP contribution in [-0.4, -0.2) is 23.7 Å². The van der Waals surface area contributed by atoms with Gasteiger partial charge in [-0.1, -0.05) is 13.8 Å². The van der Waals surface area contributed by atoms with Crippen molar-refractivity contribution in [3.8, 4) is 0 Å². The molecule has 0 aliphatic carbocycles. The second-order valence-corrected chi connectivity index (χ2v) is 4.59. The number of carbonyl (C=O) groups is 1. The van der Waals surface area contributed by atoms with Crippen LogP contribution in [0.4, 0.5) is 5.69 Å². The summed E-state index contributed by atoms with van der Waals surface area (Å²) < 4.78 is 0. The molecule has 0 heterocycles. The maximum absolute atomic E-state index is 11.8. The van der Waals surface area contributed by atoms with E-state index in [0.29, 0.717) is 11.3 Å². The zero-order chi connectivity index (χ0) is 13.0. The highest BCUT2D eigenvalue weighted by atomic mass is 16.3. The molecule has 1 amide bonds. The first kappa shape index (κ1) is 13.5. The van der Waals surface area contributed by atoms with Gasteiger partial charge in [-0.25, -0.2) is 0 Å². The number of aryl methyl sites for hydroxylation is 1. The number of rotatable bonds is 4. The highest BCUT2D eigenvalue weighted by molar-refractivity contribution is 5.94. The second kappa shape index (κ2) is 5.68. The monoisotopic (exact) mass is 236 g/mol. The molecule has 1 aromatic rings. The number of aliphatic hydroxyl groups excluding tert-OH is 1. The maximum atomic E-state index is 11.8. The molecule has 0 aliphatic rings.